The van der Waals surface area contributed by atoms with E-state index in [9.17, 15) is 4.79 Å². The van der Waals surface area contributed by atoms with Crippen LogP contribution in [0.15, 0.2) is 41.3 Å². The highest BCUT2D eigenvalue weighted by Crippen LogP contribution is 2.36. The zero-order chi connectivity index (χ0) is 14.2. The van der Waals surface area contributed by atoms with Crippen LogP contribution in [0.4, 0.5) is 0 Å². The summed E-state index contributed by atoms with van der Waals surface area (Å²) in [7, 11) is 0. The monoisotopic (exact) mass is 284 g/mol. The summed E-state index contributed by atoms with van der Waals surface area (Å²) in [4.78, 5) is 15.0. The predicted octanol–water partition coefficient (Wildman–Crippen LogP) is 3.20. The number of carbonyl (C=O) groups is 1. The van der Waals surface area contributed by atoms with Gasteiger partial charge in [0.2, 0.25) is 5.91 Å². The number of hydrogen-bond donors (Lipinski definition) is 0. The lowest BCUT2D eigenvalue weighted by molar-refractivity contribution is -0.138. The molecule has 1 atom stereocenters. The first-order valence-electron chi connectivity index (χ1n) is 7.82. The maximum atomic E-state index is 12.9. The standard InChI is InChI=1S/C17H20N2O2/c20-17(13-4-1-2-5-13)19-10-9-18-8-3-6-15(18)16(19)14-7-11-21-12-14/h3,6-8,11-13,16H,1-2,4-5,9-10H2/t16-/m1/s1. The van der Waals surface area contributed by atoms with Gasteiger partial charge in [0, 0.05) is 36.5 Å². The molecule has 0 spiro atoms. The second-order valence-corrected chi connectivity index (χ2v) is 6.10. The average Bonchev–Trinajstić information content (AvgIpc) is 3.25. The second kappa shape index (κ2) is 5.10. The Morgan fingerprint density at radius 1 is 1.19 bits per heavy atom. The van der Waals surface area contributed by atoms with Gasteiger partial charge in [0.05, 0.1) is 12.5 Å². The van der Waals surface area contributed by atoms with Gasteiger partial charge >= 0.3 is 0 Å². The van der Waals surface area contributed by atoms with Crippen molar-refractivity contribution in [1.29, 1.82) is 0 Å². The zero-order valence-corrected chi connectivity index (χ0v) is 12.1. The summed E-state index contributed by atoms with van der Waals surface area (Å²) in [5, 5.41) is 0. The van der Waals surface area contributed by atoms with E-state index in [1.54, 1.807) is 12.5 Å². The van der Waals surface area contributed by atoms with Gasteiger partial charge in [0.1, 0.15) is 6.04 Å². The number of carbonyl (C=O) groups excluding carboxylic acids is 1. The first kappa shape index (κ1) is 12.7. The molecule has 3 heterocycles. The molecule has 0 aromatic carbocycles. The minimum atomic E-state index is 0.000556. The van der Waals surface area contributed by atoms with Gasteiger partial charge in [-0.3, -0.25) is 4.79 Å². The lowest BCUT2D eigenvalue weighted by Crippen LogP contribution is -2.44. The van der Waals surface area contributed by atoms with Crippen molar-refractivity contribution in [3.63, 3.8) is 0 Å². The van der Waals surface area contributed by atoms with Gasteiger partial charge < -0.3 is 13.9 Å². The van der Waals surface area contributed by atoms with Crippen molar-refractivity contribution in [3.8, 4) is 0 Å². The summed E-state index contributed by atoms with van der Waals surface area (Å²) in [6.45, 7) is 1.67. The van der Waals surface area contributed by atoms with E-state index >= 15 is 0 Å². The number of rotatable bonds is 2. The van der Waals surface area contributed by atoms with Crippen LogP contribution in [0.1, 0.15) is 43.0 Å². The fourth-order valence-electron chi connectivity index (χ4n) is 3.81. The lowest BCUT2D eigenvalue weighted by Gasteiger charge is -2.38. The first-order chi connectivity index (χ1) is 10.3. The Bertz CT molecular complexity index is 623. The highest BCUT2D eigenvalue weighted by atomic mass is 16.3. The topological polar surface area (TPSA) is 38.4 Å². The van der Waals surface area contributed by atoms with Crippen molar-refractivity contribution in [2.24, 2.45) is 5.92 Å². The van der Waals surface area contributed by atoms with Crippen LogP contribution in [0.25, 0.3) is 0 Å². The molecule has 0 N–H and O–H groups in total. The molecule has 2 aromatic heterocycles. The smallest absolute Gasteiger partial charge is 0.226 e. The van der Waals surface area contributed by atoms with E-state index in [0.29, 0.717) is 5.91 Å². The minimum absolute atomic E-state index is 0.000556. The molecule has 0 unspecified atom stereocenters. The molecular weight excluding hydrogens is 264 g/mol. The Balaban J connectivity index is 1.71. The summed E-state index contributed by atoms with van der Waals surface area (Å²) >= 11 is 0. The first-order valence-corrected chi connectivity index (χ1v) is 7.82. The van der Waals surface area contributed by atoms with Crippen LogP contribution >= 0.6 is 0 Å². The molecule has 21 heavy (non-hydrogen) atoms. The van der Waals surface area contributed by atoms with Crippen molar-refractivity contribution in [2.45, 2.75) is 38.3 Å². The maximum absolute atomic E-state index is 12.9. The van der Waals surface area contributed by atoms with Gasteiger partial charge in [-0.2, -0.15) is 0 Å². The fraction of sp³-hybridized carbons (Fsp3) is 0.471. The second-order valence-electron chi connectivity index (χ2n) is 6.10. The largest absolute Gasteiger partial charge is 0.472 e. The van der Waals surface area contributed by atoms with Crippen LogP contribution in [0, 0.1) is 5.92 Å². The van der Waals surface area contributed by atoms with Gasteiger partial charge in [0.25, 0.3) is 0 Å². The number of amides is 1. The molecule has 1 saturated carbocycles. The molecule has 1 amide bonds. The molecular formula is C17H20N2O2. The number of fused-ring (bicyclic) bond motifs is 1. The van der Waals surface area contributed by atoms with Gasteiger partial charge in [-0.15, -0.1) is 0 Å². The van der Waals surface area contributed by atoms with Crippen LogP contribution in [-0.4, -0.2) is 21.9 Å². The van der Waals surface area contributed by atoms with Gasteiger partial charge in [0.15, 0.2) is 0 Å². The molecule has 1 aliphatic heterocycles. The fourth-order valence-corrected chi connectivity index (χ4v) is 3.81. The van der Waals surface area contributed by atoms with Crippen LogP contribution in [0.5, 0.6) is 0 Å². The van der Waals surface area contributed by atoms with Crippen molar-refractivity contribution in [3.05, 3.63) is 48.2 Å². The quantitative estimate of drug-likeness (QED) is 0.849. The number of hydrogen-bond acceptors (Lipinski definition) is 2. The van der Waals surface area contributed by atoms with Gasteiger partial charge in [-0.05, 0) is 31.0 Å². The van der Waals surface area contributed by atoms with Crippen molar-refractivity contribution in [2.75, 3.05) is 6.54 Å². The normalized spacial score (nSPS) is 22.5. The van der Waals surface area contributed by atoms with E-state index in [4.69, 9.17) is 4.42 Å². The molecule has 0 bridgehead atoms. The molecule has 2 aromatic rings. The van der Waals surface area contributed by atoms with E-state index in [2.05, 4.69) is 27.8 Å². The van der Waals surface area contributed by atoms with Crippen LogP contribution in [0.3, 0.4) is 0 Å². The van der Waals surface area contributed by atoms with E-state index in [-0.39, 0.29) is 12.0 Å². The van der Waals surface area contributed by atoms with E-state index in [1.807, 2.05) is 6.07 Å². The molecule has 1 fully saturated rings. The number of aromatic nitrogens is 1. The number of furan rings is 1. The Labute approximate surface area is 124 Å². The van der Waals surface area contributed by atoms with Gasteiger partial charge in [-0.25, -0.2) is 0 Å². The SMILES string of the molecule is O=C(C1CCCC1)N1CCn2cccc2[C@H]1c1ccoc1. The third-order valence-corrected chi connectivity index (χ3v) is 4.88. The summed E-state index contributed by atoms with van der Waals surface area (Å²) in [6.07, 6.45) is 10.0. The highest BCUT2D eigenvalue weighted by Gasteiger charge is 2.36. The summed E-state index contributed by atoms with van der Waals surface area (Å²) in [6, 6.07) is 6.15. The summed E-state index contributed by atoms with van der Waals surface area (Å²) in [5.41, 5.74) is 2.26. The molecule has 110 valence electrons. The van der Waals surface area contributed by atoms with Crippen LogP contribution in [0.2, 0.25) is 0 Å². The van der Waals surface area contributed by atoms with Crippen LogP contribution in [-0.2, 0) is 11.3 Å². The Morgan fingerprint density at radius 3 is 2.81 bits per heavy atom. The summed E-state index contributed by atoms with van der Waals surface area (Å²) in [5.74, 6) is 0.548. The average molecular weight is 284 g/mol. The minimum Gasteiger partial charge on any atom is -0.472 e. The highest BCUT2D eigenvalue weighted by molar-refractivity contribution is 5.80. The Morgan fingerprint density at radius 2 is 2.05 bits per heavy atom. The molecule has 2 aliphatic rings. The van der Waals surface area contributed by atoms with Gasteiger partial charge in [-0.1, -0.05) is 12.8 Å². The summed E-state index contributed by atoms with van der Waals surface area (Å²) < 4.78 is 7.51. The van der Waals surface area contributed by atoms with Crippen molar-refractivity contribution < 1.29 is 9.21 Å². The molecule has 4 heteroatoms. The molecule has 0 saturated heterocycles. The van der Waals surface area contributed by atoms with E-state index in [1.165, 1.54) is 18.5 Å². The Kier molecular flexibility index (Phi) is 3.09. The maximum Gasteiger partial charge on any atom is 0.226 e. The third-order valence-electron chi connectivity index (χ3n) is 4.88. The van der Waals surface area contributed by atoms with E-state index < -0.39 is 0 Å². The zero-order valence-electron chi connectivity index (χ0n) is 12.1. The van der Waals surface area contributed by atoms with Crippen molar-refractivity contribution >= 4 is 5.91 Å². The third kappa shape index (κ3) is 2.09. The molecule has 4 rings (SSSR count). The molecule has 0 radical (unpaired) electrons. The Hall–Kier alpha value is -1.97. The van der Waals surface area contributed by atoms with E-state index in [0.717, 1.165) is 31.5 Å². The van der Waals surface area contributed by atoms with Crippen LogP contribution < -0.4 is 0 Å². The predicted molar refractivity (Wildman–Crippen MR) is 78.7 cm³/mol. The molecule has 1 aliphatic carbocycles. The molecule has 4 nitrogen and oxygen atoms in total. The number of nitrogens with zero attached hydrogens (tertiary/aromatic N) is 2. The lowest BCUT2D eigenvalue weighted by atomic mass is 9.99. The van der Waals surface area contributed by atoms with Crippen molar-refractivity contribution in [1.82, 2.24) is 9.47 Å².